The molecule has 27 heavy (non-hydrogen) atoms. The van der Waals surface area contributed by atoms with Crippen LogP contribution in [0.1, 0.15) is 37.2 Å². The minimum absolute atomic E-state index is 0.576. The first-order chi connectivity index (χ1) is 13.2. The van der Waals surface area contributed by atoms with Gasteiger partial charge in [0.2, 0.25) is 0 Å². The van der Waals surface area contributed by atoms with Crippen molar-refractivity contribution in [3.63, 3.8) is 0 Å². The number of hydrogen-bond acceptors (Lipinski definition) is 5. The average Bonchev–Trinajstić information content (AvgIpc) is 3.25. The molecule has 0 atom stereocenters. The number of pyridine rings is 1. The second-order valence-corrected chi connectivity index (χ2v) is 7.86. The monoisotopic (exact) mass is 385 g/mol. The molecular formula is C20H27N5OS. The second-order valence-electron chi connectivity index (χ2n) is 7.43. The number of nitrogens with zero attached hydrogens (tertiary/aromatic N) is 4. The lowest BCUT2D eigenvalue weighted by molar-refractivity contribution is 0.191. The molecule has 0 bridgehead atoms. The number of rotatable bonds is 6. The number of methoxy groups -OCH3 is 1. The fraction of sp³-hybridized carbons (Fsp3) is 0.500. The van der Waals surface area contributed by atoms with Gasteiger partial charge in [-0.1, -0.05) is 12.8 Å². The maximum atomic E-state index is 5.13. The van der Waals surface area contributed by atoms with Crippen molar-refractivity contribution in [1.29, 1.82) is 0 Å². The molecule has 3 aromatic heterocycles. The van der Waals surface area contributed by atoms with Crippen LogP contribution in [-0.2, 0) is 11.8 Å². The normalized spacial score (nSPS) is 20.4. The fourth-order valence-corrected chi connectivity index (χ4v) is 4.39. The van der Waals surface area contributed by atoms with E-state index in [9.17, 15) is 0 Å². The van der Waals surface area contributed by atoms with Crippen LogP contribution in [0.2, 0.25) is 0 Å². The number of aromatic nitrogens is 4. The molecule has 0 unspecified atom stereocenters. The summed E-state index contributed by atoms with van der Waals surface area (Å²) in [5.74, 6) is 0.576. The van der Waals surface area contributed by atoms with Crippen LogP contribution in [0, 0.1) is 0 Å². The molecule has 0 amide bonds. The van der Waals surface area contributed by atoms with Crippen LogP contribution in [0.5, 0.6) is 0 Å². The second kappa shape index (κ2) is 8.04. The van der Waals surface area contributed by atoms with Crippen LogP contribution >= 0.6 is 12.8 Å². The van der Waals surface area contributed by atoms with Gasteiger partial charge < -0.3 is 10.1 Å². The Balaban J connectivity index is 1.54. The van der Waals surface area contributed by atoms with Crippen molar-refractivity contribution in [2.45, 2.75) is 37.6 Å². The van der Waals surface area contributed by atoms with E-state index in [-0.39, 0.29) is 0 Å². The topological polar surface area (TPSA) is 56.9 Å². The van der Waals surface area contributed by atoms with Crippen molar-refractivity contribution in [1.82, 2.24) is 24.1 Å². The van der Waals surface area contributed by atoms with Crippen molar-refractivity contribution in [2.75, 3.05) is 20.3 Å². The van der Waals surface area contributed by atoms with Gasteiger partial charge in [-0.25, -0.2) is 4.98 Å². The van der Waals surface area contributed by atoms with Gasteiger partial charge in [0, 0.05) is 61.8 Å². The average molecular weight is 386 g/mol. The van der Waals surface area contributed by atoms with E-state index < -0.39 is 0 Å². The molecule has 0 aliphatic heterocycles. The van der Waals surface area contributed by atoms with Crippen molar-refractivity contribution in [2.24, 2.45) is 7.05 Å². The molecule has 4 rings (SSSR count). The zero-order chi connectivity index (χ0) is 18.8. The summed E-state index contributed by atoms with van der Waals surface area (Å²) in [6.07, 6.45) is 12.8. The molecule has 3 heterocycles. The summed E-state index contributed by atoms with van der Waals surface area (Å²) >= 11 is 4.55. The molecule has 144 valence electrons. The van der Waals surface area contributed by atoms with Crippen molar-refractivity contribution < 1.29 is 4.74 Å². The molecule has 1 aliphatic rings. The van der Waals surface area contributed by atoms with Gasteiger partial charge in [-0.3, -0.25) is 8.65 Å². The van der Waals surface area contributed by atoms with Crippen LogP contribution < -0.4 is 5.32 Å². The summed E-state index contributed by atoms with van der Waals surface area (Å²) in [4.78, 5) is 4.72. The maximum absolute atomic E-state index is 5.13. The summed E-state index contributed by atoms with van der Waals surface area (Å²) in [5, 5.41) is 9.05. The highest BCUT2D eigenvalue weighted by molar-refractivity contribution is 7.78. The van der Waals surface area contributed by atoms with Gasteiger partial charge in [0.1, 0.15) is 5.65 Å². The summed E-state index contributed by atoms with van der Waals surface area (Å²) in [5.41, 5.74) is 4.47. The van der Waals surface area contributed by atoms with Crippen LogP contribution in [0.4, 0.5) is 0 Å². The predicted molar refractivity (Wildman–Crippen MR) is 111 cm³/mol. The predicted octanol–water partition coefficient (Wildman–Crippen LogP) is 3.39. The molecule has 0 aromatic carbocycles. The standard InChI is InChI=1S/C20H27N5OS/c1-24-12-16(11-23-24)19-13-25(27)20-18(19)9-15(10-22-20)14-3-5-17(6-4-14)21-7-8-26-2/h9-14,17,21,27H,3-8H2,1-2H3/t14-,17-. The first-order valence-corrected chi connectivity index (χ1v) is 9.97. The molecule has 1 N–H and O–H groups in total. The smallest absolute Gasteiger partial charge is 0.150 e. The van der Waals surface area contributed by atoms with Gasteiger partial charge in [-0.2, -0.15) is 5.10 Å². The lowest BCUT2D eigenvalue weighted by Gasteiger charge is -2.29. The fourth-order valence-electron chi connectivity index (χ4n) is 4.12. The molecule has 7 heteroatoms. The number of aryl methyl sites for hydroxylation is 1. The first kappa shape index (κ1) is 18.5. The van der Waals surface area contributed by atoms with Gasteiger partial charge >= 0.3 is 0 Å². The SMILES string of the molecule is COCCN[C@H]1CC[C@H](c2cnc3c(c2)c(-c2cnn(C)c2)cn3S)CC1. The Labute approximate surface area is 165 Å². The molecule has 1 aliphatic carbocycles. The highest BCUT2D eigenvalue weighted by atomic mass is 32.1. The number of fused-ring (bicyclic) bond motifs is 1. The van der Waals surface area contributed by atoms with Gasteiger partial charge in [0.05, 0.1) is 12.8 Å². The Hall–Kier alpha value is -1.83. The van der Waals surface area contributed by atoms with Crippen LogP contribution in [-0.4, -0.2) is 45.0 Å². The Morgan fingerprint density at radius 2 is 2.04 bits per heavy atom. The summed E-state index contributed by atoms with van der Waals surface area (Å²) in [7, 11) is 3.69. The Morgan fingerprint density at radius 1 is 1.22 bits per heavy atom. The van der Waals surface area contributed by atoms with Crippen molar-refractivity contribution in [3.8, 4) is 11.1 Å². The molecule has 1 fully saturated rings. The van der Waals surface area contributed by atoms with Crippen LogP contribution in [0.25, 0.3) is 22.2 Å². The lowest BCUT2D eigenvalue weighted by Crippen LogP contribution is -2.34. The molecule has 0 saturated heterocycles. The van der Waals surface area contributed by atoms with E-state index in [2.05, 4.69) is 29.3 Å². The van der Waals surface area contributed by atoms with Crippen molar-refractivity contribution in [3.05, 3.63) is 36.4 Å². The van der Waals surface area contributed by atoms with Gasteiger partial charge in [-0.15, -0.1) is 0 Å². The van der Waals surface area contributed by atoms with E-state index >= 15 is 0 Å². The van der Waals surface area contributed by atoms with E-state index in [1.54, 1.807) is 11.1 Å². The first-order valence-electron chi connectivity index (χ1n) is 9.57. The third-order valence-corrected chi connectivity index (χ3v) is 5.90. The lowest BCUT2D eigenvalue weighted by atomic mass is 9.82. The number of thiol groups is 1. The highest BCUT2D eigenvalue weighted by Crippen LogP contribution is 2.36. The van der Waals surface area contributed by atoms with Gasteiger partial charge in [-0.05, 0) is 43.2 Å². The molecular weight excluding hydrogens is 358 g/mol. The van der Waals surface area contributed by atoms with E-state index in [4.69, 9.17) is 9.72 Å². The number of hydrogen-bond donors (Lipinski definition) is 2. The van der Waals surface area contributed by atoms with Crippen molar-refractivity contribution >= 4 is 23.8 Å². The number of ether oxygens (including phenoxy) is 1. The van der Waals surface area contributed by atoms with Gasteiger partial charge in [0.15, 0.2) is 0 Å². The zero-order valence-corrected chi connectivity index (χ0v) is 16.8. The molecule has 1 saturated carbocycles. The maximum Gasteiger partial charge on any atom is 0.150 e. The Kier molecular flexibility index (Phi) is 5.52. The Bertz CT molecular complexity index is 910. The van der Waals surface area contributed by atoms with Crippen LogP contribution in [0.15, 0.2) is 30.9 Å². The molecule has 0 radical (unpaired) electrons. The number of nitrogens with one attached hydrogen (secondary N) is 1. The minimum atomic E-state index is 0.576. The quantitative estimate of drug-likeness (QED) is 0.504. The summed E-state index contributed by atoms with van der Waals surface area (Å²) in [6, 6.07) is 2.92. The van der Waals surface area contributed by atoms with Crippen LogP contribution in [0.3, 0.4) is 0 Å². The third kappa shape index (κ3) is 3.90. The highest BCUT2D eigenvalue weighted by Gasteiger charge is 2.23. The molecule has 0 spiro atoms. The molecule has 3 aromatic rings. The Morgan fingerprint density at radius 3 is 2.74 bits per heavy atom. The van der Waals surface area contributed by atoms with E-state index in [0.29, 0.717) is 12.0 Å². The third-order valence-electron chi connectivity index (χ3n) is 5.60. The van der Waals surface area contributed by atoms with E-state index in [0.717, 1.165) is 35.3 Å². The minimum Gasteiger partial charge on any atom is -0.383 e. The summed E-state index contributed by atoms with van der Waals surface area (Å²) in [6.45, 7) is 1.71. The van der Waals surface area contributed by atoms with Gasteiger partial charge in [0.25, 0.3) is 0 Å². The largest absolute Gasteiger partial charge is 0.383 e. The van der Waals surface area contributed by atoms with E-state index in [1.807, 2.05) is 36.5 Å². The zero-order valence-electron chi connectivity index (χ0n) is 15.9. The summed E-state index contributed by atoms with van der Waals surface area (Å²) < 4.78 is 8.76. The molecule has 6 nitrogen and oxygen atoms in total. The van der Waals surface area contributed by atoms with E-state index in [1.165, 1.54) is 31.2 Å².